The fraction of sp³-hybridized carbons (Fsp3) is 0.375. The lowest BCUT2D eigenvalue weighted by Crippen LogP contribution is -2.48. The fourth-order valence-electron chi connectivity index (χ4n) is 2.36. The molecule has 0 saturated carbocycles. The van der Waals surface area contributed by atoms with E-state index in [1.807, 2.05) is 30.3 Å². The number of Topliss-reactive ketones (excluding diaryl/α,β-unsaturated/α-hetero) is 1. The number of ketones is 1. The van der Waals surface area contributed by atoms with Crippen molar-refractivity contribution in [1.29, 1.82) is 0 Å². The fourth-order valence-corrected chi connectivity index (χ4v) is 2.36. The maximum absolute atomic E-state index is 12.1. The van der Waals surface area contributed by atoms with Gasteiger partial charge in [-0.25, -0.2) is 4.79 Å². The first-order valence-electron chi connectivity index (χ1n) is 6.83. The van der Waals surface area contributed by atoms with E-state index in [1.54, 1.807) is 6.08 Å². The summed E-state index contributed by atoms with van der Waals surface area (Å²) in [5, 5.41) is 0. The van der Waals surface area contributed by atoms with Crippen LogP contribution in [0.25, 0.3) is 0 Å². The predicted molar refractivity (Wildman–Crippen MR) is 76.2 cm³/mol. The van der Waals surface area contributed by atoms with Crippen LogP contribution in [0.5, 0.6) is 0 Å². The molecule has 4 nitrogen and oxygen atoms in total. The summed E-state index contributed by atoms with van der Waals surface area (Å²) in [6.45, 7) is 4.44. The van der Waals surface area contributed by atoms with Crippen LogP contribution in [0.1, 0.15) is 24.8 Å². The van der Waals surface area contributed by atoms with E-state index in [1.165, 1.54) is 4.90 Å². The van der Waals surface area contributed by atoms with E-state index in [-0.39, 0.29) is 12.4 Å². The molecule has 1 saturated heterocycles. The van der Waals surface area contributed by atoms with Crippen LogP contribution < -0.4 is 0 Å². The topological polar surface area (TPSA) is 46.6 Å². The summed E-state index contributed by atoms with van der Waals surface area (Å²) in [5.41, 5.74) is 0.935. The van der Waals surface area contributed by atoms with Crippen LogP contribution in [0.4, 0.5) is 4.79 Å². The van der Waals surface area contributed by atoms with Crippen molar-refractivity contribution in [1.82, 2.24) is 4.90 Å². The molecule has 0 radical (unpaired) electrons. The Bertz CT molecular complexity index is 484. The van der Waals surface area contributed by atoms with E-state index in [9.17, 15) is 9.59 Å². The number of nitrogens with zero attached hydrogens (tertiary/aromatic N) is 1. The van der Waals surface area contributed by atoms with E-state index < -0.39 is 12.1 Å². The van der Waals surface area contributed by atoms with Crippen LogP contribution in [0.3, 0.4) is 0 Å². The van der Waals surface area contributed by atoms with Gasteiger partial charge < -0.3 is 4.74 Å². The number of piperidine rings is 1. The summed E-state index contributed by atoms with van der Waals surface area (Å²) in [6, 6.07) is 9.09. The molecule has 0 bridgehead atoms. The zero-order valence-electron chi connectivity index (χ0n) is 11.5. The van der Waals surface area contributed by atoms with Crippen LogP contribution >= 0.6 is 0 Å². The van der Waals surface area contributed by atoms with Crippen LogP contribution in [-0.2, 0) is 16.1 Å². The Hall–Kier alpha value is -2.10. The number of carbonyl (C=O) groups is 2. The lowest BCUT2D eigenvalue weighted by atomic mass is 9.98. The van der Waals surface area contributed by atoms with Gasteiger partial charge in [-0.3, -0.25) is 9.69 Å². The maximum atomic E-state index is 12.1. The second-order valence-corrected chi connectivity index (χ2v) is 4.84. The molecule has 1 amide bonds. The Labute approximate surface area is 119 Å². The Morgan fingerprint density at radius 1 is 1.40 bits per heavy atom. The van der Waals surface area contributed by atoms with Gasteiger partial charge >= 0.3 is 6.09 Å². The number of amides is 1. The minimum Gasteiger partial charge on any atom is -0.445 e. The standard InChI is InChI=1S/C16H19NO3/c1-2-7-14-15(18)10-6-11-17(14)16(19)20-12-13-8-4-3-5-9-13/h2-5,8-9,14H,1,6-7,10-12H2/t14-/m1/s1. The highest BCUT2D eigenvalue weighted by molar-refractivity contribution is 5.88. The summed E-state index contributed by atoms with van der Waals surface area (Å²) in [4.78, 5) is 25.5. The molecule has 2 rings (SSSR count). The van der Waals surface area contributed by atoms with Gasteiger partial charge in [-0.1, -0.05) is 36.4 Å². The molecule has 1 fully saturated rings. The first-order valence-corrected chi connectivity index (χ1v) is 6.83. The molecule has 1 aromatic carbocycles. The van der Waals surface area contributed by atoms with Crippen LogP contribution in [0.15, 0.2) is 43.0 Å². The summed E-state index contributed by atoms with van der Waals surface area (Å²) in [6.07, 6.45) is 2.96. The second-order valence-electron chi connectivity index (χ2n) is 4.84. The molecular weight excluding hydrogens is 254 g/mol. The second kappa shape index (κ2) is 6.89. The lowest BCUT2D eigenvalue weighted by Gasteiger charge is -2.33. The van der Waals surface area contributed by atoms with Crippen molar-refractivity contribution in [2.75, 3.05) is 6.54 Å². The van der Waals surface area contributed by atoms with Crippen LogP contribution in [-0.4, -0.2) is 29.4 Å². The van der Waals surface area contributed by atoms with Gasteiger partial charge in [0, 0.05) is 13.0 Å². The van der Waals surface area contributed by atoms with Crippen molar-refractivity contribution in [3.63, 3.8) is 0 Å². The summed E-state index contributed by atoms with van der Waals surface area (Å²) in [7, 11) is 0. The van der Waals surface area contributed by atoms with E-state index in [2.05, 4.69) is 6.58 Å². The van der Waals surface area contributed by atoms with Gasteiger partial charge in [0.05, 0.1) is 6.04 Å². The van der Waals surface area contributed by atoms with E-state index >= 15 is 0 Å². The molecule has 0 aromatic heterocycles. The highest BCUT2D eigenvalue weighted by atomic mass is 16.6. The minimum absolute atomic E-state index is 0.0906. The zero-order chi connectivity index (χ0) is 14.4. The summed E-state index contributed by atoms with van der Waals surface area (Å²) >= 11 is 0. The minimum atomic E-state index is -0.422. The van der Waals surface area contributed by atoms with Crippen LogP contribution in [0, 0.1) is 0 Å². The smallest absolute Gasteiger partial charge is 0.410 e. The van der Waals surface area contributed by atoms with Crippen molar-refractivity contribution in [3.8, 4) is 0 Å². The molecule has 1 atom stereocenters. The lowest BCUT2D eigenvalue weighted by molar-refractivity contribution is -0.126. The molecule has 1 aromatic rings. The number of hydrogen-bond donors (Lipinski definition) is 0. The van der Waals surface area contributed by atoms with Crippen LogP contribution in [0.2, 0.25) is 0 Å². The quantitative estimate of drug-likeness (QED) is 0.792. The molecular formula is C16H19NO3. The number of rotatable bonds is 4. The molecule has 0 aliphatic carbocycles. The number of hydrogen-bond acceptors (Lipinski definition) is 3. The SMILES string of the molecule is C=CC[C@@H]1C(=O)CCCN1C(=O)OCc1ccccc1. The van der Waals surface area contributed by atoms with E-state index in [0.29, 0.717) is 25.8 Å². The molecule has 1 heterocycles. The third-order valence-corrected chi connectivity index (χ3v) is 3.40. The van der Waals surface area contributed by atoms with Crippen molar-refractivity contribution in [3.05, 3.63) is 48.6 Å². The number of likely N-dealkylation sites (tertiary alicyclic amines) is 1. The Kier molecular flexibility index (Phi) is 4.93. The average Bonchev–Trinajstić information content (AvgIpc) is 2.48. The molecule has 106 valence electrons. The average molecular weight is 273 g/mol. The third kappa shape index (κ3) is 3.47. The summed E-state index contributed by atoms with van der Waals surface area (Å²) in [5.74, 6) is 0.0906. The molecule has 1 aliphatic rings. The van der Waals surface area contributed by atoms with E-state index in [0.717, 1.165) is 5.56 Å². The van der Waals surface area contributed by atoms with Gasteiger partial charge in [0.15, 0.2) is 5.78 Å². The molecule has 4 heteroatoms. The zero-order valence-corrected chi connectivity index (χ0v) is 11.5. The third-order valence-electron chi connectivity index (χ3n) is 3.40. The van der Waals surface area contributed by atoms with Gasteiger partial charge in [-0.2, -0.15) is 0 Å². The Balaban J connectivity index is 1.96. The molecule has 20 heavy (non-hydrogen) atoms. The van der Waals surface area contributed by atoms with Gasteiger partial charge in [0.1, 0.15) is 6.61 Å². The highest BCUT2D eigenvalue weighted by Crippen LogP contribution is 2.18. The number of benzene rings is 1. The van der Waals surface area contributed by atoms with Gasteiger partial charge in [0.25, 0.3) is 0 Å². The number of ether oxygens (including phenoxy) is 1. The summed E-state index contributed by atoms with van der Waals surface area (Å²) < 4.78 is 5.29. The monoisotopic (exact) mass is 273 g/mol. The molecule has 0 unspecified atom stereocenters. The predicted octanol–water partition coefficient (Wildman–Crippen LogP) is 2.93. The van der Waals surface area contributed by atoms with Gasteiger partial charge in [-0.05, 0) is 18.4 Å². The first-order chi connectivity index (χ1) is 9.72. The van der Waals surface area contributed by atoms with E-state index in [4.69, 9.17) is 4.74 Å². The number of carbonyl (C=O) groups excluding carboxylic acids is 2. The first kappa shape index (κ1) is 14.3. The van der Waals surface area contributed by atoms with Crippen molar-refractivity contribution >= 4 is 11.9 Å². The highest BCUT2D eigenvalue weighted by Gasteiger charge is 2.32. The Morgan fingerprint density at radius 3 is 2.85 bits per heavy atom. The molecule has 1 aliphatic heterocycles. The van der Waals surface area contributed by atoms with Crippen molar-refractivity contribution in [2.45, 2.75) is 31.9 Å². The molecule has 0 N–H and O–H groups in total. The van der Waals surface area contributed by atoms with Gasteiger partial charge in [-0.15, -0.1) is 6.58 Å². The van der Waals surface area contributed by atoms with Crippen molar-refractivity contribution in [2.24, 2.45) is 0 Å². The largest absolute Gasteiger partial charge is 0.445 e. The van der Waals surface area contributed by atoms with Crippen molar-refractivity contribution < 1.29 is 14.3 Å². The maximum Gasteiger partial charge on any atom is 0.410 e. The normalized spacial score (nSPS) is 18.7. The Morgan fingerprint density at radius 2 is 2.15 bits per heavy atom. The van der Waals surface area contributed by atoms with Gasteiger partial charge in [0.2, 0.25) is 0 Å². The molecule has 0 spiro atoms.